The van der Waals surface area contributed by atoms with E-state index in [1.165, 1.54) is 43.1 Å². The molecule has 180 valence electrons. The number of nitrogens with zero attached hydrogens (tertiary/aromatic N) is 2. The summed E-state index contributed by atoms with van der Waals surface area (Å²) >= 11 is 0. The molecule has 3 aromatic rings. The van der Waals surface area contributed by atoms with Crippen molar-refractivity contribution in [1.29, 1.82) is 0 Å². The quantitative estimate of drug-likeness (QED) is 0.528. The number of ether oxygens (including phenoxy) is 1. The fourth-order valence-corrected chi connectivity index (χ4v) is 4.82. The number of hydrogen-bond donors (Lipinski definition) is 1. The lowest BCUT2D eigenvalue weighted by atomic mass is 10.1. The number of rotatable bonds is 6. The number of sulfonamides is 1. The largest absolute Gasteiger partial charge is 0.449 e. The summed E-state index contributed by atoms with van der Waals surface area (Å²) in [5, 5.41) is 2.69. The summed E-state index contributed by atoms with van der Waals surface area (Å²) in [6.07, 6.45) is -1.17. The third-order valence-corrected chi connectivity index (χ3v) is 7.34. The van der Waals surface area contributed by atoms with Gasteiger partial charge < -0.3 is 10.1 Å². The summed E-state index contributed by atoms with van der Waals surface area (Å²) in [4.78, 5) is 38.8. The van der Waals surface area contributed by atoms with Crippen LogP contribution in [0.5, 0.6) is 0 Å². The maximum Gasteiger partial charge on any atom is 0.338 e. The average Bonchev–Trinajstić information content (AvgIpc) is 2.87. The molecule has 0 unspecified atom stereocenters. The molecular weight excluding hydrogens is 470 g/mol. The molecule has 9 nitrogen and oxygen atoms in total. The van der Waals surface area contributed by atoms with Crippen LogP contribution in [0.2, 0.25) is 0 Å². The van der Waals surface area contributed by atoms with Gasteiger partial charge in [-0.15, -0.1) is 0 Å². The molecule has 0 saturated carbocycles. The van der Waals surface area contributed by atoms with Crippen molar-refractivity contribution in [3.63, 3.8) is 0 Å². The number of fused-ring (bicyclic) bond motifs is 1. The first kappa shape index (κ1) is 24.0. The number of hydrogen-bond acceptors (Lipinski definition) is 6. The Morgan fingerprint density at radius 2 is 1.60 bits per heavy atom. The zero-order valence-corrected chi connectivity index (χ0v) is 19.9. The van der Waals surface area contributed by atoms with E-state index in [1.807, 2.05) is 0 Å². The molecule has 4 rings (SSSR count). The lowest BCUT2D eigenvalue weighted by Crippen LogP contribution is -2.47. The molecule has 35 heavy (non-hydrogen) atoms. The van der Waals surface area contributed by atoms with E-state index < -0.39 is 28.0 Å². The van der Waals surface area contributed by atoms with Crippen LogP contribution >= 0.6 is 0 Å². The standard InChI is InChI=1S/C25H23N3O6S/c1-17(24(30)28-16-23(29)26-21-10-6-7-11-22(21)28)34-25(31)18-12-14-20(15-13-18)35(32,33)27(2)19-8-4-3-5-9-19/h3-15,17H,16H2,1-2H3,(H,26,29)/t17-/m1/s1. The molecular formula is C25H23N3O6S. The summed E-state index contributed by atoms with van der Waals surface area (Å²) in [5.74, 6) is -1.70. The zero-order chi connectivity index (χ0) is 25.2. The van der Waals surface area contributed by atoms with Gasteiger partial charge in [0.25, 0.3) is 15.9 Å². The van der Waals surface area contributed by atoms with Crippen molar-refractivity contribution in [3.05, 3.63) is 84.4 Å². The van der Waals surface area contributed by atoms with Gasteiger partial charge in [0.1, 0.15) is 6.54 Å². The summed E-state index contributed by atoms with van der Waals surface area (Å²) in [6.45, 7) is 1.22. The van der Waals surface area contributed by atoms with Crippen LogP contribution in [0, 0.1) is 0 Å². The van der Waals surface area contributed by atoms with Gasteiger partial charge in [-0.3, -0.25) is 18.8 Å². The van der Waals surface area contributed by atoms with Gasteiger partial charge in [-0.2, -0.15) is 0 Å². The Hall–Kier alpha value is -4.18. The number of esters is 1. The highest BCUT2D eigenvalue weighted by atomic mass is 32.2. The molecule has 2 amide bonds. The van der Waals surface area contributed by atoms with Gasteiger partial charge in [-0.25, -0.2) is 13.2 Å². The normalized spacial score (nSPS) is 13.9. The number of amides is 2. The number of benzene rings is 3. The zero-order valence-electron chi connectivity index (χ0n) is 19.0. The predicted molar refractivity (Wildman–Crippen MR) is 131 cm³/mol. The number of para-hydroxylation sites is 3. The number of carbonyl (C=O) groups is 3. The number of anilines is 3. The van der Waals surface area contributed by atoms with E-state index in [2.05, 4.69) is 5.32 Å². The van der Waals surface area contributed by atoms with E-state index >= 15 is 0 Å². The van der Waals surface area contributed by atoms with Gasteiger partial charge in [0.15, 0.2) is 6.10 Å². The van der Waals surface area contributed by atoms with Gasteiger partial charge >= 0.3 is 5.97 Å². The molecule has 0 fully saturated rings. The van der Waals surface area contributed by atoms with Crippen LogP contribution in [0.15, 0.2) is 83.8 Å². The van der Waals surface area contributed by atoms with Gasteiger partial charge in [0.05, 0.1) is 27.5 Å². The number of carbonyl (C=O) groups excluding carboxylic acids is 3. The van der Waals surface area contributed by atoms with Crippen LogP contribution in [-0.2, 0) is 24.3 Å². The average molecular weight is 494 g/mol. The van der Waals surface area contributed by atoms with E-state index in [1.54, 1.807) is 54.6 Å². The van der Waals surface area contributed by atoms with Crippen LogP contribution in [0.4, 0.5) is 17.1 Å². The summed E-state index contributed by atoms with van der Waals surface area (Å²) in [5.41, 5.74) is 1.59. The fourth-order valence-electron chi connectivity index (χ4n) is 3.63. The maximum atomic E-state index is 13.0. The van der Waals surface area contributed by atoms with Crippen LogP contribution < -0.4 is 14.5 Å². The third kappa shape index (κ3) is 4.87. The van der Waals surface area contributed by atoms with Gasteiger partial charge in [-0.1, -0.05) is 30.3 Å². The van der Waals surface area contributed by atoms with Crippen molar-refractivity contribution in [3.8, 4) is 0 Å². The Balaban J connectivity index is 1.46. The van der Waals surface area contributed by atoms with Gasteiger partial charge in [0.2, 0.25) is 5.91 Å². The van der Waals surface area contributed by atoms with Crippen molar-refractivity contribution in [1.82, 2.24) is 0 Å². The van der Waals surface area contributed by atoms with Gasteiger partial charge in [0, 0.05) is 7.05 Å². The van der Waals surface area contributed by atoms with E-state index in [4.69, 9.17) is 4.74 Å². The minimum atomic E-state index is -3.84. The van der Waals surface area contributed by atoms with Gasteiger partial charge in [-0.05, 0) is 55.5 Å². The molecule has 0 saturated heterocycles. The summed E-state index contributed by atoms with van der Waals surface area (Å²) in [6, 6.07) is 20.7. The van der Waals surface area contributed by atoms with Crippen LogP contribution in [0.25, 0.3) is 0 Å². The summed E-state index contributed by atoms with van der Waals surface area (Å²) < 4.78 is 32.3. The molecule has 1 aliphatic rings. The predicted octanol–water partition coefficient (Wildman–Crippen LogP) is 3.04. The van der Waals surface area contributed by atoms with Crippen molar-refractivity contribution in [2.75, 3.05) is 28.1 Å². The molecule has 0 spiro atoms. The molecule has 0 aliphatic carbocycles. The minimum absolute atomic E-state index is 0.000430. The molecule has 0 aromatic heterocycles. The topological polar surface area (TPSA) is 113 Å². The molecule has 1 aliphatic heterocycles. The fraction of sp³-hybridized carbons (Fsp3) is 0.160. The van der Waals surface area contributed by atoms with Crippen molar-refractivity contribution in [2.45, 2.75) is 17.9 Å². The molecule has 0 radical (unpaired) electrons. The molecule has 3 aromatic carbocycles. The second-order valence-corrected chi connectivity index (χ2v) is 9.84. The minimum Gasteiger partial charge on any atom is -0.449 e. The second-order valence-electron chi connectivity index (χ2n) is 7.87. The highest BCUT2D eigenvalue weighted by Crippen LogP contribution is 2.29. The Morgan fingerprint density at radius 3 is 2.29 bits per heavy atom. The van der Waals surface area contributed by atoms with Crippen molar-refractivity contribution in [2.24, 2.45) is 0 Å². The highest BCUT2D eigenvalue weighted by molar-refractivity contribution is 7.92. The monoisotopic (exact) mass is 493 g/mol. The second kappa shape index (κ2) is 9.59. The Kier molecular flexibility index (Phi) is 6.57. The Bertz CT molecular complexity index is 1370. The first-order valence-corrected chi connectivity index (χ1v) is 12.2. The Labute approximate surface area is 203 Å². The first-order valence-electron chi connectivity index (χ1n) is 10.7. The number of nitrogens with one attached hydrogen (secondary N) is 1. The van der Waals surface area contributed by atoms with Crippen molar-refractivity contribution < 1.29 is 27.5 Å². The smallest absolute Gasteiger partial charge is 0.338 e. The molecule has 1 atom stereocenters. The van der Waals surface area contributed by atoms with E-state index in [0.717, 1.165) is 4.31 Å². The SMILES string of the molecule is C[C@@H](OC(=O)c1ccc(S(=O)(=O)N(C)c2ccccc2)cc1)C(=O)N1CC(=O)Nc2ccccc21. The molecule has 0 bridgehead atoms. The lowest BCUT2D eigenvalue weighted by molar-refractivity contribution is -0.128. The van der Waals surface area contributed by atoms with E-state index in [-0.39, 0.29) is 22.9 Å². The Morgan fingerprint density at radius 1 is 0.971 bits per heavy atom. The molecule has 1 N–H and O–H groups in total. The third-order valence-electron chi connectivity index (χ3n) is 5.54. The van der Waals surface area contributed by atoms with Crippen LogP contribution in [-0.4, -0.2) is 45.9 Å². The molecule has 10 heteroatoms. The van der Waals surface area contributed by atoms with Crippen molar-refractivity contribution >= 4 is 44.9 Å². The molecule has 1 heterocycles. The summed E-state index contributed by atoms with van der Waals surface area (Å²) in [7, 11) is -2.39. The lowest BCUT2D eigenvalue weighted by Gasteiger charge is -2.30. The first-order chi connectivity index (χ1) is 16.7. The maximum absolute atomic E-state index is 13.0. The van der Waals surface area contributed by atoms with E-state index in [9.17, 15) is 22.8 Å². The van der Waals surface area contributed by atoms with E-state index in [0.29, 0.717) is 17.1 Å². The highest BCUT2D eigenvalue weighted by Gasteiger charge is 2.31. The van der Waals surface area contributed by atoms with Crippen LogP contribution in [0.1, 0.15) is 17.3 Å². The van der Waals surface area contributed by atoms with Crippen LogP contribution in [0.3, 0.4) is 0 Å².